The van der Waals surface area contributed by atoms with Crippen molar-refractivity contribution in [2.75, 3.05) is 78.5 Å². The molecule has 9 heteroatoms. The summed E-state index contributed by atoms with van der Waals surface area (Å²) in [4.78, 5) is 43.3. The number of carboxylic acids is 2. The van der Waals surface area contributed by atoms with Crippen molar-refractivity contribution in [2.45, 2.75) is 26.2 Å². The van der Waals surface area contributed by atoms with Gasteiger partial charge in [0.1, 0.15) is 5.78 Å². The molecule has 0 amide bonds. The Labute approximate surface area is 258 Å². The minimum atomic E-state index is -0.859. The number of aliphatic carboxylic acids is 2. The first-order chi connectivity index (χ1) is 21.3. The maximum atomic E-state index is 11.8. The Kier molecular flexibility index (Phi) is 10.8. The standard InChI is InChI=1S/C35H44N4O5/c1-26(40)23-37-19-21-38(24-32(41)42)17-15-36(16-18-39(22-20-37)25-33(43)44)14-3-2-5-27-8-9-30-11-10-28-6-4-7-29-12-13-31(27)35(30)34(28)29/h4,6-13H,2-3,5,14-25H2,1H3,(H,41,42)(H,43,44). The van der Waals surface area contributed by atoms with Gasteiger partial charge in [-0.3, -0.25) is 29.1 Å². The molecule has 234 valence electrons. The van der Waals surface area contributed by atoms with Crippen LogP contribution in [-0.4, -0.2) is 126 Å². The number of nitrogens with zero attached hydrogens (tertiary/aromatic N) is 4. The Morgan fingerprint density at radius 1 is 0.591 bits per heavy atom. The molecule has 0 atom stereocenters. The van der Waals surface area contributed by atoms with E-state index in [9.17, 15) is 24.6 Å². The number of hydrogen-bond donors (Lipinski definition) is 2. The number of rotatable bonds is 11. The molecule has 0 spiro atoms. The van der Waals surface area contributed by atoms with Gasteiger partial charge in [-0.2, -0.15) is 0 Å². The molecule has 0 radical (unpaired) electrons. The van der Waals surface area contributed by atoms with Gasteiger partial charge in [-0.1, -0.05) is 54.6 Å². The lowest BCUT2D eigenvalue weighted by molar-refractivity contribution is -0.139. The van der Waals surface area contributed by atoms with Crippen LogP contribution in [-0.2, 0) is 20.8 Å². The van der Waals surface area contributed by atoms with E-state index in [2.05, 4.69) is 59.5 Å². The van der Waals surface area contributed by atoms with Crippen LogP contribution in [0.25, 0.3) is 32.3 Å². The Morgan fingerprint density at radius 3 is 1.61 bits per heavy atom. The van der Waals surface area contributed by atoms with E-state index in [0.717, 1.165) is 25.8 Å². The summed E-state index contributed by atoms with van der Waals surface area (Å²) in [6.07, 6.45) is 2.99. The minimum Gasteiger partial charge on any atom is -0.480 e. The zero-order chi connectivity index (χ0) is 31.1. The first-order valence-electron chi connectivity index (χ1n) is 15.7. The van der Waals surface area contributed by atoms with Gasteiger partial charge in [-0.15, -0.1) is 0 Å². The molecule has 2 N–H and O–H groups in total. The van der Waals surface area contributed by atoms with Crippen molar-refractivity contribution >= 4 is 50.0 Å². The van der Waals surface area contributed by atoms with Gasteiger partial charge in [0.25, 0.3) is 0 Å². The summed E-state index contributed by atoms with van der Waals surface area (Å²) in [5.74, 6) is -1.68. The third-order valence-corrected chi connectivity index (χ3v) is 8.88. The largest absolute Gasteiger partial charge is 0.480 e. The summed E-state index contributed by atoms with van der Waals surface area (Å²) in [7, 11) is 0. The van der Waals surface area contributed by atoms with Crippen LogP contribution in [0.2, 0.25) is 0 Å². The topological polar surface area (TPSA) is 105 Å². The summed E-state index contributed by atoms with van der Waals surface area (Å²) in [6.45, 7) is 7.44. The summed E-state index contributed by atoms with van der Waals surface area (Å²) >= 11 is 0. The van der Waals surface area contributed by atoms with Crippen LogP contribution in [0.3, 0.4) is 0 Å². The van der Waals surface area contributed by atoms with Gasteiger partial charge in [0.15, 0.2) is 0 Å². The minimum absolute atomic E-state index is 0.0401. The van der Waals surface area contributed by atoms with Crippen LogP contribution in [0, 0.1) is 0 Å². The van der Waals surface area contributed by atoms with Gasteiger partial charge in [0.05, 0.1) is 19.6 Å². The van der Waals surface area contributed by atoms with E-state index in [1.807, 2.05) is 14.7 Å². The van der Waals surface area contributed by atoms with Gasteiger partial charge < -0.3 is 15.1 Å². The van der Waals surface area contributed by atoms with Gasteiger partial charge >= 0.3 is 11.9 Å². The number of ketones is 1. The molecule has 0 unspecified atom stereocenters. The van der Waals surface area contributed by atoms with Crippen molar-refractivity contribution in [1.29, 1.82) is 0 Å². The molecule has 4 aromatic carbocycles. The number of carbonyl (C=O) groups is 3. The molecular weight excluding hydrogens is 556 g/mol. The molecule has 44 heavy (non-hydrogen) atoms. The molecule has 5 rings (SSSR count). The lowest BCUT2D eigenvalue weighted by Gasteiger charge is -2.33. The second-order valence-corrected chi connectivity index (χ2v) is 12.2. The van der Waals surface area contributed by atoms with E-state index in [1.165, 1.54) is 37.9 Å². The molecule has 1 saturated heterocycles. The van der Waals surface area contributed by atoms with Crippen LogP contribution < -0.4 is 0 Å². The number of Topliss-reactive ketones (excluding diaryl/α,β-unsaturated/α-hetero) is 1. The fraction of sp³-hybridized carbons (Fsp3) is 0.457. The van der Waals surface area contributed by atoms with E-state index >= 15 is 0 Å². The molecule has 1 aliphatic heterocycles. The second-order valence-electron chi connectivity index (χ2n) is 12.2. The predicted octanol–water partition coefficient (Wildman–Crippen LogP) is 3.89. The quantitative estimate of drug-likeness (QED) is 0.196. The first-order valence-corrected chi connectivity index (χ1v) is 15.7. The first kappa shape index (κ1) is 31.8. The van der Waals surface area contributed by atoms with Crippen LogP contribution in [0.5, 0.6) is 0 Å². The van der Waals surface area contributed by atoms with Crippen molar-refractivity contribution < 1.29 is 24.6 Å². The van der Waals surface area contributed by atoms with Gasteiger partial charge in [-0.05, 0) is 70.6 Å². The van der Waals surface area contributed by atoms with Gasteiger partial charge in [0.2, 0.25) is 0 Å². The van der Waals surface area contributed by atoms with Crippen LogP contribution in [0.1, 0.15) is 25.3 Å². The van der Waals surface area contributed by atoms with Crippen molar-refractivity contribution in [3.8, 4) is 0 Å². The average molecular weight is 601 g/mol. The Bertz CT molecular complexity index is 1540. The van der Waals surface area contributed by atoms with Crippen LogP contribution in [0.15, 0.2) is 54.6 Å². The molecule has 0 saturated carbocycles. The predicted molar refractivity (Wildman–Crippen MR) is 175 cm³/mol. The third-order valence-electron chi connectivity index (χ3n) is 8.88. The van der Waals surface area contributed by atoms with Gasteiger partial charge in [-0.25, -0.2) is 0 Å². The van der Waals surface area contributed by atoms with E-state index in [4.69, 9.17) is 0 Å². The number of aryl methyl sites for hydroxylation is 1. The van der Waals surface area contributed by atoms with E-state index in [1.54, 1.807) is 6.92 Å². The molecule has 4 aromatic rings. The molecule has 1 aliphatic rings. The molecule has 0 bridgehead atoms. The van der Waals surface area contributed by atoms with E-state index in [-0.39, 0.29) is 25.4 Å². The van der Waals surface area contributed by atoms with Crippen molar-refractivity contribution in [1.82, 2.24) is 19.6 Å². The highest BCUT2D eigenvalue weighted by atomic mass is 16.4. The number of hydrogen-bond acceptors (Lipinski definition) is 7. The fourth-order valence-corrected chi connectivity index (χ4v) is 6.64. The molecule has 1 fully saturated rings. The maximum Gasteiger partial charge on any atom is 0.317 e. The maximum absolute atomic E-state index is 11.8. The molecule has 1 heterocycles. The van der Waals surface area contributed by atoms with Crippen LogP contribution >= 0.6 is 0 Å². The van der Waals surface area contributed by atoms with E-state index < -0.39 is 11.9 Å². The summed E-state index contributed by atoms with van der Waals surface area (Å²) in [5.41, 5.74) is 1.36. The number of benzene rings is 4. The zero-order valence-corrected chi connectivity index (χ0v) is 25.7. The molecular formula is C35H44N4O5. The number of carboxylic acid groups (broad SMARTS) is 2. The summed E-state index contributed by atoms with van der Waals surface area (Å²) in [5, 5.41) is 26.9. The lowest BCUT2D eigenvalue weighted by atomic mass is 9.90. The summed E-state index contributed by atoms with van der Waals surface area (Å²) < 4.78 is 0. The normalized spacial score (nSPS) is 17.2. The Morgan fingerprint density at radius 2 is 1.07 bits per heavy atom. The monoisotopic (exact) mass is 600 g/mol. The van der Waals surface area contributed by atoms with Crippen molar-refractivity contribution in [3.05, 3.63) is 60.2 Å². The highest BCUT2D eigenvalue weighted by molar-refractivity contribution is 6.23. The molecule has 0 aliphatic carbocycles. The Balaban J connectivity index is 1.25. The van der Waals surface area contributed by atoms with Crippen molar-refractivity contribution in [2.24, 2.45) is 0 Å². The highest BCUT2D eigenvalue weighted by Crippen LogP contribution is 2.36. The fourth-order valence-electron chi connectivity index (χ4n) is 6.64. The Hall–Kier alpha value is -3.63. The van der Waals surface area contributed by atoms with Gasteiger partial charge in [0, 0.05) is 52.4 Å². The lowest BCUT2D eigenvalue weighted by Crippen LogP contribution is -2.48. The smallest absolute Gasteiger partial charge is 0.317 e. The highest BCUT2D eigenvalue weighted by Gasteiger charge is 2.20. The third kappa shape index (κ3) is 8.30. The van der Waals surface area contributed by atoms with E-state index in [0.29, 0.717) is 52.4 Å². The van der Waals surface area contributed by atoms with Crippen molar-refractivity contribution in [3.63, 3.8) is 0 Å². The summed E-state index contributed by atoms with van der Waals surface area (Å²) in [6, 6.07) is 19.9. The van der Waals surface area contributed by atoms with Crippen LogP contribution in [0.4, 0.5) is 0 Å². The second kappa shape index (κ2) is 14.9. The number of carbonyl (C=O) groups excluding carboxylic acids is 1. The number of unbranched alkanes of at least 4 members (excludes halogenated alkanes) is 1. The molecule has 9 nitrogen and oxygen atoms in total. The zero-order valence-electron chi connectivity index (χ0n) is 25.7. The SMILES string of the molecule is CC(=O)CN1CCN(CC(=O)O)CCN(CCCCc2ccc3ccc4cccc5ccc2c3c45)CCN(CC(=O)O)CC1. The molecule has 0 aromatic heterocycles. The average Bonchev–Trinajstić information content (AvgIpc) is 2.98.